The molecule has 0 spiro atoms. The van der Waals surface area contributed by atoms with Crippen molar-refractivity contribution >= 4 is 22.5 Å². The molecule has 9 heteroatoms. The van der Waals surface area contributed by atoms with Crippen molar-refractivity contribution in [2.24, 2.45) is 0 Å². The molecule has 1 aromatic carbocycles. The molecule has 0 atom stereocenters. The third kappa shape index (κ3) is 3.93. The van der Waals surface area contributed by atoms with Crippen molar-refractivity contribution in [3.8, 4) is 0 Å². The molecule has 0 radical (unpaired) electrons. The maximum atomic E-state index is 12.7. The van der Waals surface area contributed by atoms with Gasteiger partial charge >= 0.3 is 6.18 Å². The van der Waals surface area contributed by atoms with Crippen LogP contribution in [-0.2, 0) is 17.5 Å². The molecule has 0 saturated heterocycles. The molecule has 4 rings (SSSR count). The molecule has 1 amide bonds. The first kappa shape index (κ1) is 18.6. The summed E-state index contributed by atoms with van der Waals surface area (Å²) in [6.07, 6.45) is 3.49. The van der Waals surface area contributed by atoms with Gasteiger partial charge in [-0.15, -0.1) is 0 Å². The van der Waals surface area contributed by atoms with Crippen molar-refractivity contribution in [1.82, 2.24) is 20.4 Å². The maximum absolute atomic E-state index is 12.7. The Balaban J connectivity index is 1.61. The zero-order valence-corrected chi connectivity index (χ0v) is 15.0. The molecule has 1 aliphatic heterocycles. The number of hydrogen-bond acceptors (Lipinski definition) is 4. The molecule has 2 aromatic heterocycles. The first-order chi connectivity index (χ1) is 13.9. The Morgan fingerprint density at radius 3 is 2.69 bits per heavy atom. The highest BCUT2D eigenvalue weighted by Gasteiger charge is 2.32. The number of pyridine rings is 1. The molecule has 148 valence electrons. The number of carbonyl (C=O) groups excluding carboxylic acids is 1. The Bertz CT molecular complexity index is 1110. The highest BCUT2D eigenvalue weighted by Crippen LogP contribution is 2.29. The van der Waals surface area contributed by atoms with Crippen LogP contribution in [0.1, 0.15) is 11.3 Å². The van der Waals surface area contributed by atoms with E-state index in [1.54, 1.807) is 24.5 Å². The monoisotopic (exact) mass is 399 g/mol. The topological polar surface area (TPSA) is 71.0 Å². The Morgan fingerprint density at radius 2 is 2.00 bits per heavy atom. The van der Waals surface area contributed by atoms with Gasteiger partial charge in [-0.3, -0.25) is 15.2 Å². The number of anilines is 1. The Kier molecular flexibility index (Phi) is 4.71. The quantitative estimate of drug-likeness (QED) is 0.628. The van der Waals surface area contributed by atoms with Gasteiger partial charge < -0.3 is 15.3 Å². The minimum Gasteiger partial charge on any atom is -0.341 e. The molecule has 3 aromatic rings. The van der Waals surface area contributed by atoms with E-state index in [1.165, 1.54) is 12.3 Å². The maximum Gasteiger partial charge on any atom is 0.433 e. The summed E-state index contributed by atoms with van der Waals surface area (Å²) in [6.45, 7) is 0.312. The summed E-state index contributed by atoms with van der Waals surface area (Å²) in [6, 6.07) is 9.82. The molecular formula is C20H16F3N5O. The number of hydrazine groups is 1. The van der Waals surface area contributed by atoms with Crippen LogP contribution in [0.25, 0.3) is 10.9 Å². The number of amides is 1. The van der Waals surface area contributed by atoms with Gasteiger partial charge in [0.25, 0.3) is 5.91 Å². The third-order valence-corrected chi connectivity index (χ3v) is 4.40. The zero-order valence-electron chi connectivity index (χ0n) is 15.0. The van der Waals surface area contributed by atoms with Gasteiger partial charge in [-0.25, -0.2) is 0 Å². The van der Waals surface area contributed by atoms with Gasteiger partial charge in [-0.1, -0.05) is 24.3 Å². The minimum atomic E-state index is -4.47. The molecular weight excluding hydrogens is 383 g/mol. The third-order valence-electron chi connectivity index (χ3n) is 4.40. The lowest BCUT2D eigenvalue weighted by Crippen LogP contribution is -2.34. The number of carbonyl (C=O) groups is 1. The molecule has 0 saturated carbocycles. The lowest BCUT2D eigenvalue weighted by Gasteiger charge is -2.12. The number of halogens is 3. The fraction of sp³-hybridized carbons (Fsp3) is 0.100. The lowest BCUT2D eigenvalue weighted by molar-refractivity contribution is -0.141. The number of rotatable bonds is 4. The largest absolute Gasteiger partial charge is 0.433 e. The number of fused-ring (bicyclic) bond motifs is 1. The van der Waals surface area contributed by atoms with E-state index < -0.39 is 11.9 Å². The number of alkyl halides is 3. The number of allylic oxidation sites excluding steroid dienone is 2. The highest BCUT2D eigenvalue weighted by atomic mass is 19.4. The zero-order chi connectivity index (χ0) is 20.4. The SMILES string of the molecule is O=C(Nc1cn(Cc2ccc(C(F)(F)F)nc2)c2ccccc12)C1=CC=CNN1. The van der Waals surface area contributed by atoms with E-state index in [1.807, 2.05) is 28.8 Å². The van der Waals surface area contributed by atoms with Crippen LogP contribution in [0.4, 0.5) is 18.9 Å². The number of hydrogen-bond donors (Lipinski definition) is 3. The van der Waals surface area contributed by atoms with Crippen molar-refractivity contribution < 1.29 is 18.0 Å². The molecule has 0 bridgehead atoms. The lowest BCUT2D eigenvalue weighted by atomic mass is 10.2. The average Bonchev–Trinajstić information content (AvgIpc) is 3.06. The average molecular weight is 399 g/mol. The van der Waals surface area contributed by atoms with Crippen molar-refractivity contribution in [2.45, 2.75) is 12.7 Å². The van der Waals surface area contributed by atoms with Gasteiger partial charge in [0.05, 0.1) is 11.2 Å². The summed E-state index contributed by atoms with van der Waals surface area (Å²) >= 11 is 0. The van der Waals surface area contributed by atoms with Gasteiger partial charge in [0, 0.05) is 30.5 Å². The Hall–Kier alpha value is -3.75. The number of nitrogens with one attached hydrogen (secondary N) is 3. The van der Waals surface area contributed by atoms with Crippen molar-refractivity contribution in [1.29, 1.82) is 0 Å². The Labute approximate surface area is 163 Å². The second-order valence-corrected chi connectivity index (χ2v) is 6.40. The predicted molar refractivity (Wildman–Crippen MR) is 102 cm³/mol. The summed E-state index contributed by atoms with van der Waals surface area (Å²) in [7, 11) is 0. The summed E-state index contributed by atoms with van der Waals surface area (Å²) < 4.78 is 40.0. The van der Waals surface area contributed by atoms with Crippen LogP contribution in [0, 0.1) is 0 Å². The van der Waals surface area contributed by atoms with Crippen molar-refractivity contribution in [2.75, 3.05) is 5.32 Å². The first-order valence-corrected chi connectivity index (χ1v) is 8.71. The van der Waals surface area contributed by atoms with Crippen LogP contribution >= 0.6 is 0 Å². The molecule has 29 heavy (non-hydrogen) atoms. The number of para-hydroxylation sites is 1. The Morgan fingerprint density at radius 1 is 1.17 bits per heavy atom. The molecule has 3 heterocycles. The number of aromatic nitrogens is 2. The van der Waals surface area contributed by atoms with E-state index in [2.05, 4.69) is 21.2 Å². The van der Waals surface area contributed by atoms with Crippen molar-refractivity contribution in [3.05, 3.63) is 84.1 Å². The second kappa shape index (κ2) is 7.34. The first-order valence-electron chi connectivity index (χ1n) is 8.71. The molecule has 3 N–H and O–H groups in total. The normalized spacial score (nSPS) is 13.6. The number of benzene rings is 1. The smallest absolute Gasteiger partial charge is 0.341 e. The molecule has 0 unspecified atom stereocenters. The van der Waals surface area contributed by atoms with Crippen LogP contribution in [0.2, 0.25) is 0 Å². The van der Waals surface area contributed by atoms with Crippen LogP contribution in [0.3, 0.4) is 0 Å². The van der Waals surface area contributed by atoms with E-state index in [4.69, 9.17) is 0 Å². The predicted octanol–water partition coefficient (Wildman–Crippen LogP) is 3.55. The summed E-state index contributed by atoms with van der Waals surface area (Å²) in [5.74, 6) is -0.319. The van der Waals surface area contributed by atoms with E-state index >= 15 is 0 Å². The van der Waals surface area contributed by atoms with Gasteiger partial charge in [-0.2, -0.15) is 13.2 Å². The van der Waals surface area contributed by atoms with Crippen LogP contribution in [0.15, 0.2) is 72.8 Å². The fourth-order valence-corrected chi connectivity index (χ4v) is 3.04. The molecule has 6 nitrogen and oxygen atoms in total. The van der Waals surface area contributed by atoms with Crippen LogP contribution in [0.5, 0.6) is 0 Å². The van der Waals surface area contributed by atoms with Crippen molar-refractivity contribution in [3.63, 3.8) is 0 Å². The van der Waals surface area contributed by atoms with E-state index in [9.17, 15) is 18.0 Å². The van der Waals surface area contributed by atoms with E-state index in [0.717, 1.165) is 17.0 Å². The fourth-order valence-electron chi connectivity index (χ4n) is 3.04. The van der Waals surface area contributed by atoms with Crippen LogP contribution in [-0.4, -0.2) is 15.5 Å². The van der Waals surface area contributed by atoms with Gasteiger partial charge in [0.15, 0.2) is 0 Å². The van der Waals surface area contributed by atoms with E-state index in [-0.39, 0.29) is 5.91 Å². The number of nitrogens with zero attached hydrogens (tertiary/aromatic N) is 2. The highest BCUT2D eigenvalue weighted by molar-refractivity contribution is 6.08. The molecule has 1 aliphatic rings. The minimum absolute atomic E-state index is 0.312. The van der Waals surface area contributed by atoms with Crippen LogP contribution < -0.4 is 16.2 Å². The van der Waals surface area contributed by atoms with E-state index in [0.29, 0.717) is 23.5 Å². The summed E-state index contributed by atoms with van der Waals surface area (Å²) in [4.78, 5) is 16.0. The van der Waals surface area contributed by atoms with Gasteiger partial charge in [0.2, 0.25) is 0 Å². The van der Waals surface area contributed by atoms with Gasteiger partial charge in [0.1, 0.15) is 11.4 Å². The second-order valence-electron chi connectivity index (χ2n) is 6.40. The molecule has 0 aliphatic carbocycles. The summed E-state index contributed by atoms with van der Waals surface area (Å²) in [5.41, 5.74) is 6.98. The van der Waals surface area contributed by atoms with Gasteiger partial charge in [-0.05, 0) is 29.8 Å². The molecule has 0 fully saturated rings. The summed E-state index contributed by atoms with van der Waals surface area (Å²) in [5, 5.41) is 3.68. The standard InChI is InChI=1S/C20H16F3N5O/c21-20(22,23)18-8-7-13(10-24-18)11-28-12-16(14-4-1-2-6-17(14)28)26-19(29)15-5-3-9-25-27-15/h1-10,12,25,27H,11H2,(H,26,29).